The Morgan fingerprint density at radius 1 is 0.829 bits per heavy atom. The molecule has 0 radical (unpaired) electrons. The van der Waals surface area contributed by atoms with Gasteiger partial charge in [-0.15, -0.1) is 0 Å². The lowest BCUT2D eigenvalue weighted by Crippen LogP contribution is -2.57. The molecule has 0 spiro atoms. The van der Waals surface area contributed by atoms with E-state index in [4.69, 9.17) is 30.5 Å². The molecule has 1 fully saturated rings. The summed E-state index contributed by atoms with van der Waals surface area (Å²) in [4.78, 5) is 35.6. The molecule has 1 aliphatic heterocycles. The fourth-order valence-electron chi connectivity index (χ4n) is 4.30. The van der Waals surface area contributed by atoms with Crippen LogP contribution in [0.25, 0.3) is 0 Å². The van der Waals surface area contributed by atoms with Crippen molar-refractivity contribution in [3.63, 3.8) is 0 Å². The average molecular weight is 503 g/mol. The molecule has 35 heavy (non-hydrogen) atoms. The van der Waals surface area contributed by atoms with E-state index < -0.39 is 48.4 Å². The zero-order chi connectivity index (χ0) is 25.7. The maximum absolute atomic E-state index is 12.0. The summed E-state index contributed by atoms with van der Waals surface area (Å²) in [7, 11) is 0. The summed E-state index contributed by atoms with van der Waals surface area (Å²) in [6.07, 6.45) is -2.88. The number of aryl methyl sites for hydroxylation is 1. The van der Waals surface area contributed by atoms with Gasteiger partial charge in [0.25, 0.3) is 0 Å². The predicted molar refractivity (Wildman–Crippen MR) is 130 cm³/mol. The molecule has 3 rings (SSSR count). The molecule has 0 amide bonds. The third-order valence-corrected chi connectivity index (χ3v) is 6.27. The van der Waals surface area contributed by atoms with E-state index in [1.54, 1.807) is 19.1 Å². The summed E-state index contributed by atoms with van der Waals surface area (Å²) >= 11 is 6.52. The number of esters is 3. The molecule has 1 heterocycles. The minimum Gasteiger partial charge on any atom is -0.456 e. The molecule has 0 N–H and O–H groups in total. The molecule has 2 aromatic rings. The molecule has 1 aliphatic rings. The van der Waals surface area contributed by atoms with Gasteiger partial charge in [0, 0.05) is 25.8 Å². The Bertz CT molecular complexity index is 1070. The Balaban J connectivity index is 1.98. The third kappa shape index (κ3) is 6.83. The summed E-state index contributed by atoms with van der Waals surface area (Å²) < 4.78 is 22.7. The van der Waals surface area contributed by atoms with Gasteiger partial charge in [-0.1, -0.05) is 54.9 Å². The second kappa shape index (κ2) is 11.7. The molecule has 0 saturated carbocycles. The van der Waals surface area contributed by atoms with Crippen molar-refractivity contribution in [2.45, 2.75) is 78.0 Å². The number of carbonyl (C=O) groups excluding carboxylic acids is 3. The van der Waals surface area contributed by atoms with Crippen LogP contribution in [0.2, 0.25) is 5.02 Å². The van der Waals surface area contributed by atoms with Crippen LogP contribution in [0.4, 0.5) is 0 Å². The topological polar surface area (TPSA) is 88.1 Å². The van der Waals surface area contributed by atoms with Crippen molar-refractivity contribution >= 4 is 29.5 Å². The lowest BCUT2D eigenvalue weighted by molar-refractivity contribution is -0.245. The Morgan fingerprint density at radius 3 is 1.94 bits per heavy atom. The molecular formula is C27H31ClO7. The van der Waals surface area contributed by atoms with Gasteiger partial charge in [-0.3, -0.25) is 14.4 Å². The second-order valence-electron chi connectivity index (χ2n) is 8.68. The van der Waals surface area contributed by atoms with E-state index in [2.05, 4.69) is 31.2 Å². The summed E-state index contributed by atoms with van der Waals surface area (Å²) in [5.41, 5.74) is 3.92. The van der Waals surface area contributed by atoms with Gasteiger partial charge in [-0.2, -0.15) is 0 Å². The SMILES string of the molecule is CCc1ccc(Cc2cc([C@@H]3O[C@H](C)[C@@H](OC(C)=O)[C@H](OC(C)=O)[C@H]3OC(C)=O)ccc2Cl)cc1. The third-order valence-electron chi connectivity index (χ3n) is 5.90. The number of rotatable bonds is 7. The number of ether oxygens (including phenoxy) is 4. The van der Waals surface area contributed by atoms with Crippen molar-refractivity contribution < 1.29 is 33.3 Å². The minimum atomic E-state index is -1.05. The first-order valence-corrected chi connectivity index (χ1v) is 12.0. The first-order chi connectivity index (χ1) is 16.6. The summed E-state index contributed by atoms with van der Waals surface area (Å²) in [6.45, 7) is 7.58. The Hall–Kier alpha value is -2.90. The van der Waals surface area contributed by atoms with E-state index in [9.17, 15) is 14.4 Å². The van der Waals surface area contributed by atoms with Gasteiger partial charge < -0.3 is 18.9 Å². The van der Waals surface area contributed by atoms with E-state index in [-0.39, 0.29) is 0 Å². The van der Waals surface area contributed by atoms with Crippen molar-refractivity contribution in [1.29, 1.82) is 0 Å². The van der Waals surface area contributed by atoms with Gasteiger partial charge in [0.05, 0.1) is 6.10 Å². The molecule has 0 aliphatic carbocycles. The van der Waals surface area contributed by atoms with E-state index in [1.807, 2.05) is 6.07 Å². The van der Waals surface area contributed by atoms with Gasteiger partial charge in [-0.05, 0) is 48.1 Å². The standard InChI is InChI=1S/C27H31ClO7/c1-6-19-7-9-20(10-8-19)13-22-14-21(11-12-23(22)28)25-27(35-18(5)31)26(34-17(4)30)24(15(2)32-25)33-16(3)29/h7-12,14-15,24-27H,6,13H2,1-5H3/t15-,24-,25+,26+,27+/m1/s1. The molecule has 7 nitrogen and oxygen atoms in total. The van der Waals surface area contributed by atoms with Crippen LogP contribution in [0.5, 0.6) is 0 Å². The zero-order valence-electron chi connectivity index (χ0n) is 20.6. The summed E-state index contributed by atoms with van der Waals surface area (Å²) in [5, 5.41) is 0.593. The Kier molecular flexibility index (Phi) is 8.92. The van der Waals surface area contributed by atoms with Crippen molar-refractivity contribution in [2.24, 2.45) is 0 Å². The fourth-order valence-corrected chi connectivity index (χ4v) is 4.49. The van der Waals surface area contributed by atoms with Crippen LogP contribution in [0.15, 0.2) is 42.5 Å². The molecule has 1 saturated heterocycles. The van der Waals surface area contributed by atoms with Crippen molar-refractivity contribution in [3.05, 3.63) is 69.7 Å². The molecule has 188 valence electrons. The van der Waals surface area contributed by atoms with Gasteiger partial charge >= 0.3 is 17.9 Å². The number of carbonyl (C=O) groups is 3. The first kappa shape index (κ1) is 26.7. The van der Waals surface area contributed by atoms with Crippen molar-refractivity contribution in [3.8, 4) is 0 Å². The van der Waals surface area contributed by atoms with Gasteiger partial charge in [0.2, 0.25) is 0 Å². The van der Waals surface area contributed by atoms with Crippen molar-refractivity contribution in [2.75, 3.05) is 0 Å². The summed E-state index contributed by atoms with van der Waals surface area (Å²) in [5.74, 6) is -1.74. The van der Waals surface area contributed by atoms with Crippen LogP contribution in [0.1, 0.15) is 63.0 Å². The Labute approximate surface area is 210 Å². The molecule has 8 heteroatoms. The van der Waals surface area contributed by atoms with Crippen molar-refractivity contribution in [1.82, 2.24) is 0 Å². The van der Waals surface area contributed by atoms with Crippen LogP contribution in [0, 0.1) is 0 Å². The zero-order valence-corrected chi connectivity index (χ0v) is 21.3. The largest absolute Gasteiger partial charge is 0.456 e. The van der Waals surface area contributed by atoms with Crippen LogP contribution < -0.4 is 0 Å². The molecule has 0 unspecified atom stereocenters. The van der Waals surface area contributed by atoms with E-state index in [1.165, 1.54) is 26.3 Å². The smallest absolute Gasteiger partial charge is 0.303 e. The van der Waals surface area contributed by atoms with Crippen LogP contribution in [0.3, 0.4) is 0 Å². The highest BCUT2D eigenvalue weighted by atomic mass is 35.5. The number of hydrogen-bond acceptors (Lipinski definition) is 7. The van der Waals surface area contributed by atoms with Crippen LogP contribution >= 0.6 is 11.6 Å². The first-order valence-electron chi connectivity index (χ1n) is 11.6. The maximum atomic E-state index is 12.0. The van der Waals surface area contributed by atoms with E-state index in [0.29, 0.717) is 17.0 Å². The summed E-state index contributed by atoms with van der Waals surface area (Å²) in [6, 6.07) is 13.8. The molecular weight excluding hydrogens is 472 g/mol. The lowest BCUT2D eigenvalue weighted by Gasteiger charge is -2.44. The van der Waals surface area contributed by atoms with Gasteiger partial charge in [0.1, 0.15) is 6.10 Å². The van der Waals surface area contributed by atoms with Crippen LogP contribution in [-0.4, -0.2) is 42.3 Å². The number of benzene rings is 2. The molecule has 2 aromatic carbocycles. The number of hydrogen-bond donors (Lipinski definition) is 0. The van der Waals surface area contributed by atoms with Gasteiger partial charge in [-0.25, -0.2) is 0 Å². The van der Waals surface area contributed by atoms with Gasteiger partial charge in [0.15, 0.2) is 18.3 Å². The average Bonchev–Trinajstić information content (AvgIpc) is 2.79. The fraction of sp³-hybridized carbons (Fsp3) is 0.444. The monoisotopic (exact) mass is 502 g/mol. The number of halogens is 1. The normalized spacial score (nSPS) is 23.9. The van der Waals surface area contributed by atoms with E-state index >= 15 is 0 Å². The molecule has 0 bridgehead atoms. The minimum absolute atomic E-state index is 0.564. The second-order valence-corrected chi connectivity index (χ2v) is 9.09. The highest BCUT2D eigenvalue weighted by Crippen LogP contribution is 2.38. The maximum Gasteiger partial charge on any atom is 0.303 e. The van der Waals surface area contributed by atoms with E-state index in [0.717, 1.165) is 17.5 Å². The molecule has 0 aromatic heterocycles. The lowest BCUT2D eigenvalue weighted by atomic mass is 9.89. The highest BCUT2D eigenvalue weighted by Gasteiger charge is 2.50. The van der Waals surface area contributed by atoms with Crippen LogP contribution in [-0.2, 0) is 46.2 Å². The highest BCUT2D eigenvalue weighted by molar-refractivity contribution is 6.31. The molecule has 5 atom stereocenters. The Morgan fingerprint density at radius 2 is 1.37 bits per heavy atom. The quantitative estimate of drug-likeness (QED) is 0.399. The predicted octanol–water partition coefficient (Wildman–Crippen LogP) is 4.75.